The van der Waals surface area contributed by atoms with Gasteiger partial charge in [0.1, 0.15) is 0 Å². The maximum absolute atomic E-state index is 4.57. The molecule has 0 aromatic carbocycles. The van der Waals surface area contributed by atoms with Crippen molar-refractivity contribution in [3.63, 3.8) is 0 Å². The van der Waals surface area contributed by atoms with E-state index in [2.05, 4.69) is 36.5 Å². The van der Waals surface area contributed by atoms with Gasteiger partial charge >= 0.3 is 0 Å². The fourth-order valence-electron chi connectivity index (χ4n) is 3.40. The van der Waals surface area contributed by atoms with Crippen LogP contribution in [0.4, 0.5) is 0 Å². The maximum atomic E-state index is 4.57. The summed E-state index contributed by atoms with van der Waals surface area (Å²) in [4.78, 5) is 0. The Balaban J connectivity index is 1.90. The molecule has 3 nitrogen and oxygen atoms in total. The number of hydrogen-bond donors (Lipinski definition) is 1. The smallest absolute Gasteiger partial charge is 0.0627 e. The number of nitrogens with zero attached hydrogens (tertiary/aromatic N) is 2. The number of hydrogen-bond acceptors (Lipinski definition) is 2. The van der Waals surface area contributed by atoms with Gasteiger partial charge < -0.3 is 5.32 Å². The lowest BCUT2D eigenvalue weighted by molar-refractivity contribution is 0.291. The lowest BCUT2D eigenvalue weighted by atomic mass is 9.84. The fraction of sp³-hybridized carbons (Fsp3) is 0.824. The van der Waals surface area contributed by atoms with Gasteiger partial charge in [0.25, 0.3) is 0 Å². The molecule has 0 saturated heterocycles. The standard InChI is InChI=1S/C17H31N3/c1-14(2)12-18-13-16-8-6-4-5-7-15(16)11-17-9-10-20(3)19-17/h9-10,14-16,18H,4-8,11-13H2,1-3H3. The van der Waals surface area contributed by atoms with Gasteiger partial charge in [-0.15, -0.1) is 0 Å². The number of nitrogens with one attached hydrogen (secondary N) is 1. The molecule has 0 amide bonds. The third-order valence-electron chi connectivity index (χ3n) is 4.52. The summed E-state index contributed by atoms with van der Waals surface area (Å²) in [5.74, 6) is 2.39. The average molecular weight is 277 g/mol. The summed E-state index contributed by atoms with van der Waals surface area (Å²) in [6.45, 7) is 6.90. The van der Waals surface area contributed by atoms with Crippen molar-refractivity contribution in [2.45, 2.75) is 52.4 Å². The van der Waals surface area contributed by atoms with E-state index in [-0.39, 0.29) is 0 Å². The summed E-state index contributed by atoms with van der Waals surface area (Å²) in [5, 5.41) is 8.25. The lowest BCUT2D eigenvalue weighted by Crippen LogP contribution is -2.31. The van der Waals surface area contributed by atoms with E-state index in [1.807, 2.05) is 11.7 Å². The summed E-state index contributed by atoms with van der Waals surface area (Å²) < 4.78 is 1.93. The van der Waals surface area contributed by atoms with Crippen LogP contribution in [-0.2, 0) is 13.5 Å². The van der Waals surface area contributed by atoms with Crippen LogP contribution in [0.15, 0.2) is 12.3 Å². The second-order valence-electron chi connectivity index (χ2n) is 6.90. The molecule has 2 atom stereocenters. The Morgan fingerprint density at radius 1 is 1.25 bits per heavy atom. The Hall–Kier alpha value is -0.830. The van der Waals surface area contributed by atoms with E-state index in [9.17, 15) is 0 Å². The van der Waals surface area contributed by atoms with E-state index < -0.39 is 0 Å². The van der Waals surface area contributed by atoms with Crippen LogP contribution in [0.3, 0.4) is 0 Å². The zero-order valence-electron chi connectivity index (χ0n) is 13.4. The van der Waals surface area contributed by atoms with Gasteiger partial charge in [-0.05, 0) is 56.2 Å². The second kappa shape index (κ2) is 7.82. The van der Waals surface area contributed by atoms with Crippen LogP contribution in [0, 0.1) is 17.8 Å². The molecule has 114 valence electrons. The molecular formula is C17H31N3. The first-order valence-electron chi connectivity index (χ1n) is 8.34. The molecular weight excluding hydrogens is 246 g/mol. The Labute approximate surface area is 124 Å². The van der Waals surface area contributed by atoms with Crippen LogP contribution in [0.25, 0.3) is 0 Å². The summed E-state index contributed by atoms with van der Waals surface area (Å²) >= 11 is 0. The Bertz CT molecular complexity index is 383. The van der Waals surface area contributed by atoms with Gasteiger partial charge in [-0.1, -0.05) is 33.1 Å². The van der Waals surface area contributed by atoms with E-state index in [0.717, 1.165) is 30.7 Å². The first-order valence-corrected chi connectivity index (χ1v) is 8.34. The van der Waals surface area contributed by atoms with E-state index in [0.29, 0.717) is 0 Å². The molecule has 1 fully saturated rings. The van der Waals surface area contributed by atoms with Crippen LogP contribution in [0.5, 0.6) is 0 Å². The summed E-state index contributed by atoms with van der Waals surface area (Å²) in [6.07, 6.45) is 10.2. The largest absolute Gasteiger partial charge is 0.316 e. The highest BCUT2D eigenvalue weighted by Gasteiger charge is 2.24. The average Bonchev–Trinajstić information content (AvgIpc) is 2.67. The molecule has 1 aliphatic rings. The highest BCUT2D eigenvalue weighted by Crippen LogP contribution is 2.30. The predicted octanol–water partition coefficient (Wildman–Crippen LogP) is 3.40. The molecule has 1 aromatic rings. The van der Waals surface area contributed by atoms with Gasteiger partial charge in [-0.25, -0.2) is 0 Å². The Morgan fingerprint density at radius 3 is 2.65 bits per heavy atom. The van der Waals surface area contributed by atoms with Crippen molar-refractivity contribution in [2.75, 3.05) is 13.1 Å². The molecule has 0 aliphatic heterocycles. The molecule has 1 aromatic heterocycles. The number of aryl methyl sites for hydroxylation is 1. The van der Waals surface area contributed by atoms with Gasteiger partial charge in [-0.2, -0.15) is 5.10 Å². The topological polar surface area (TPSA) is 29.9 Å². The molecule has 0 radical (unpaired) electrons. The SMILES string of the molecule is CC(C)CNCC1CCCCCC1Cc1ccn(C)n1. The molecule has 20 heavy (non-hydrogen) atoms. The minimum Gasteiger partial charge on any atom is -0.316 e. The van der Waals surface area contributed by atoms with E-state index >= 15 is 0 Å². The van der Waals surface area contributed by atoms with Crippen molar-refractivity contribution in [1.29, 1.82) is 0 Å². The van der Waals surface area contributed by atoms with E-state index in [1.54, 1.807) is 0 Å². The van der Waals surface area contributed by atoms with E-state index in [4.69, 9.17) is 0 Å². The lowest BCUT2D eigenvalue weighted by Gasteiger charge is -2.25. The number of aromatic nitrogens is 2. The molecule has 1 N–H and O–H groups in total. The fourth-order valence-corrected chi connectivity index (χ4v) is 3.40. The zero-order chi connectivity index (χ0) is 14.4. The van der Waals surface area contributed by atoms with Crippen LogP contribution in [0.1, 0.15) is 51.6 Å². The van der Waals surface area contributed by atoms with Crippen molar-refractivity contribution in [3.05, 3.63) is 18.0 Å². The summed E-state index contributed by atoms with van der Waals surface area (Å²) in [7, 11) is 2.01. The third-order valence-corrected chi connectivity index (χ3v) is 4.52. The Morgan fingerprint density at radius 2 is 2.00 bits per heavy atom. The monoisotopic (exact) mass is 277 g/mol. The van der Waals surface area contributed by atoms with Crippen molar-refractivity contribution < 1.29 is 0 Å². The van der Waals surface area contributed by atoms with E-state index in [1.165, 1.54) is 44.3 Å². The van der Waals surface area contributed by atoms with Crippen LogP contribution in [0.2, 0.25) is 0 Å². The van der Waals surface area contributed by atoms with Gasteiger partial charge in [0.15, 0.2) is 0 Å². The van der Waals surface area contributed by atoms with Crippen LogP contribution >= 0.6 is 0 Å². The summed E-state index contributed by atoms with van der Waals surface area (Å²) in [5.41, 5.74) is 1.27. The van der Waals surface area contributed by atoms with Gasteiger partial charge in [0, 0.05) is 13.2 Å². The first-order chi connectivity index (χ1) is 9.65. The predicted molar refractivity (Wildman–Crippen MR) is 84.7 cm³/mol. The minimum atomic E-state index is 0.745. The summed E-state index contributed by atoms with van der Waals surface area (Å²) in [6, 6.07) is 2.18. The maximum Gasteiger partial charge on any atom is 0.0627 e. The normalized spacial score (nSPS) is 24.0. The molecule has 0 spiro atoms. The second-order valence-corrected chi connectivity index (χ2v) is 6.90. The number of rotatable bonds is 6. The van der Waals surface area contributed by atoms with Crippen molar-refractivity contribution in [1.82, 2.24) is 15.1 Å². The van der Waals surface area contributed by atoms with Gasteiger partial charge in [0.2, 0.25) is 0 Å². The molecule has 1 aliphatic carbocycles. The van der Waals surface area contributed by atoms with Crippen molar-refractivity contribution >= 4 is 0 Å². The van der Waals surface area contributed by atoms with Crippen LogP contribution in [-0.4, -0.2) is 22.9 Å². The third kappa shape index (κ3) is 4.93. The molecule has 1 heterocycles. The van der Waals surface area contributed by atoms with Gasteiger partial charge in [0.05, 0.1) is 5.69 Å². The molecule has 0 bridgehead atoms. The minimum absolute atomic E-state index is 0.745. The molecule has 3 heteroatoms. The Kier molecular flexibility index (Phi) is 6.08. The zero-order valence-corrected chi connectivity index (χ0v) is 13.4. The molecule has 1 saturated carbocycles. The molecule has 2 rings (SSSR count). The quantitative estimate of drug-likeness (QED) is 0.808. The van der Waals surface area contributed by atoms with Crippen molar-refractivity contribution in [3.8, 4) is 0 Å². The first kappa shape index (κ1) is 15.6. The highest BCUT2D eigenvalue weighted by molar-refractivity contribution is 5.01. The molecule has 2 unspecified atom stereocenters. The van der Waals surface area contributed by atoms with Crippen molar-refractivity contribution in [2.24, 2.45) is 24.8 Å². The van der Waals surface area contributed by atoms with Crippen LogP contribution < -0.4 is 5.32 Å². The highest BCUT2D eigenvalue weighted by atomic mass is 15.2. The van der Waals surface area contributed by atoms with Gasteiger partial charge in [-0.3, -0.25) is 4.68 Å².